The monoisotopic (exact) mass is 396 g/mol. The zero-order valence-electron chi connectivity index (χ0n) is 15.9. The summed E-state index contributed by atoms with van der Waals surface area (Å²) in [7, 11) is 0. The van der Waals surface area contributed by atoms with Gasteiger partial charge < -0.3 is 15.7 Å². The number of nitrogens with one attached hydrogen (secondary N) is 2. The van der Waals surface area contributed by atoms with E-state index in [4.69, 9.17) is 5.11 Å². The van der Waals surface area contributed by atoms with Gasteiger partial charge in [0.1, 0.15) is 6.04 Å². The van der Waals surface area contributed by atoms with Gasteiger partial charge in [0.15, 0.2) is 5.69 Å². The number of nitrogens with zero attached hydrogens (tertiary/aromatic N) is 4. The number of rotatable bonds is 7. The van der Waals surface area contributed by atoms with Gasteiger partial charge in [-0.3, -0.25) is 19.0 Å². The predicted octanol–water partition coefficient (Wildman–Crippen LogP) is 2.25. The molecule has 0 spiro atoms. The Morgan fingerprint density at radius 2 is 1.69 bits per heavy atom. The van der Waals surface area contributed by atoms with E-state index in [-0.39, 0.29) is 11.5 Å². The summed E-state index contributed by atoms with van der Waals surface area (Å²) in [5.41, 5.74) is 1.63. The Morgan fingerprint density at radius 1 is 1.07 bits per heavy atom. The first-order valence-electron chi connectivity index (χ1n) is 8.90. The summed E-state index contributed by atoms with van der Waals surface area (Å²) in [6, 6.07) is 7.35. The zero-order valence-corrected chi connectivity index (χ0v) is 15.9. The summed E-state index contributed by atoms with van der Waals surface area (Å²) in [4.78, 5) is 35.5. The van der Waals surface area contributed by atoms with E-state index in [1.54, 1.807) is 41.2 Å². The Balaban J connectivity index is 1.60. The summed E-state index contributed by atoms with van der Waals surface area (Å²) >= 11 is 0. The van der Waals surface area contributed by atoms with Gasteiger partial charge in [-0.2, -0.15) is 10.2 Å². The van der Waals surface area contributed by atoms with Gasteiger partial charge in [0.25, 0.3) is 11.8 Å². The molecule has 0 aliphatic carbocycles. The molecule has 2 heterocycles. The smallest absolute Gasteiger partial charge is 0.328 e. The molecule has 3 aromatic rings. The second kappa shape index (κ2) is 8.38. The molecule has 0 bridgehead atoms. The van der Waals surface area contributed by atoms with Crippen LogP contribution in [-0.2, 0) is 11.3 Å². The first-order valence-corrected chi connectivity index (χ1v) is 8.90. The molecule has 29 heavy (non-hydrogen) atoms. The Hall–Kier alpha value is -3.95. The minimum absolute atomic E-state index is 0.238. The molecule has 1 aromatic carbocycles. The SMILES string of the molecule is CCn1ccc(C(=O)Nc2ccc(NC(=O)c3cnn(C(C)C(=O)O)c3)cc2)n1. The van der Waals surface area contributed by atoms with Gasteiger partial charge in [-0.05, 0) is 44.2 Å². The first-order chi connectivity index (χ1) is 13.9. The minimum atomic E-state index is -1.04. The van der Waals surface area contributed by atoms with Gasteiger partial charge in [0.2, 0.25) is 0 Å². The van der Waals surface area contributed by atoms with Crippen molar-refractivity contribution in [1.29, 1.82) is 0 Å². The molecule has 2 aromatic heterocycles. The highest BCUT2D eigenvalue weighted by Crippen LogP contribution is 2.16. The third-order valence-corrected chi connectivity index (χ3v) is 4.22. The van der Waals surface area contributed by atoms with Crippen LogP contribution in [0.4, 0.5) is 11.4 Å². The Labute approximate surface area is 166 Å². The largest absolute Gasteiger partial charge is 0.480 e. The molecule has 2 amide bonds. The third kappa shape index (κ3) is 4.67. The number of carboxylic acid groups (broad SMARTS) is 1. The fourth-order valence-corrected chi connectivity index (χ4v) is 2.47. The maximum Gasteiger partial charge on any atom is 0.328 e. The molecule has 10 nitrogen and oxygen atoms in total. The lowest BCUT2D eigenvalue weighted by Gasteiger charge is -2.07. The van der Waals surface area contributed by atoms with Crippen molar-refractivity contribution in [2.24, 2.45) is 0 Å². The van der Waals surface area contributed by atoms with Crippen molar-refractivity contribution >= 4 is 29.2 Å². The molecule has 0 aliphatic rings. The number of hydrogen-bond acceptors (Lipinski definition) is 5. The molecule has 0 saturated heterocycles. The maximum absolute atomic E-state index is 12.3. The number of anilines is 2. The second-order valence-corrected chi connectivity index (χ2v) is 6.27. The lowest BCUT2D eigenvalue weighted by atomic mass is 10.2. The first kappa shape index (κ1) is 19.8. The van der Waals surface area contributed by atoms with E-state index in [0.29, 0.717) is 23.6 Å². The van der Waals surface area contributed by atoms with Gasteiger partial charge in [-0.15, -0.1) is 0 Å². The van der Waals surface area contributed by atoms with Crippen molar-refractivity contribution in [3.8, 4) is 0 Å². The van der Waals surface area contributed by atoms with Crippen molar-refractivity contribution < 1.29 is 19.5 Å². The molecule has 0 radical (unpaired) electrons. The number of aliphatic carboxylic acids is 1. The van der Waals surface area contributed by atoms with E-state index in [0.717, 1.165) is 0 Å². The number of carbonyl (C=O) groups is 3. The van der Waals surface area contributed by atoms with Gasteiger partial charge >= 0.3 is 5.97 Å². The van der Waals surface area contributed by atoms with E-state index in [2.05, 4.69) is 20.8 Å². The van der Waals surface area contributed by atoms with Crippen LogP contribution in [0.5, 0.6) is 0 Å². The summed E-state index contributed by atoms with van der Waals surface area (Å²) in [6.45, 7) is 4.08. The summed E-state index contributed by atoms with van der Waals surface area (Å²) in [6.07, 6.45) is 4.41. The van der Waals surface area contributed by atoms with Crippen LogP contribution in [0.1, 0.15) is 40.7 Å². The number of carbonyl (C=O) groups excluding carboxylic acids is 2. The predicted molar refractivity (Wildman–Crippen MR) is 105 cm³/mol. The van der Waals surface area contributed by atoms with E-state index < -0.39 is 17.9 Å². The van der Waals surface area contributed by atoms with E-state index in [9.17, 15) is 14.4 Å². The fraction of sp³-hybridized carbons (Fsp3) is 0.211. The Bertz CT molecular complexity index is 1040. The Kier molecular flexibility index (Phi) is 5.72. The normalized spacial score (nSPS) is 11.7. The number of amides is 2. The number of aromatic nitrogens is 4. The van der Waals surface area contributed by atoms with E-state index >= 15 is 0 Å². The zero-order chi connectivity index (χ0) is 21.0. The molecule has 3 rings (SSSR count). The van der Waals surface area contributed by atoms with Crippen molar-refractivity contribution in [2.75, 3.05) is 10.6 Å². The highest BCUT2D eigenvalue weighted by Gasteiger charge is 2.17. The minimum Gasteiger partial charge on any atom is -0.480 e. The van der Waals surface area contributed by atoms with Crippen molar-refractivity contribution in [2.45, 2.75) is 26.4 Å². The van der Waals surface area contributed by atoms with Crippen molar-refractivity contribution in [3.05, 3.63) is 60.2 Å². The highest BCUT2D eigenvalue weighted by atomic mass is 16.4. The van der Waals surface area contributed by atoms with E-state index in [1.165, 1.54) is 24.0 Å². The molecule has 10 heteroatoms. The fourth-order valence-electron chi connectivity index (χ4n) is 2.47. The van der Waals surface area contributed by atoms with Crippen LogP contribution >= 0.6 is 0 Å². The average Bonchev–Trinajstić information content (AvgIpc) is 3.38. The quantitative estimate of drug-likeness (QED) is 0.561. The Morgan fingerprint density at radius 3 is 2.24 bits per heavy atom. The lowest BCUT2D eigenvalue weighted by Crippen LogP contribution is -2.16. The maximum atomic E-state index is 12.3. The van der Waals surface area contributed by atoms with E-state index in [1.807, 2.05) is 6.92 Å². The lowest BCUT2D eigenvalue weighted by molar-refractivity contribution is -0.140. The molecule has 1 unspecified atom stereocenters. The van der Waals surface area contributed by atoms with Crippen LogP contribution in [0.15, 0.2) is 48.9 Å². The molecule has 0 aliphatic heterocycles. The van der Waals surface area contributed by atoms with Gasteiger partial charge in [0, 0.05) is 30.3 Å². The standard InChI is InChI=1S/C19H20N6O4/c1-3-24-9-8-16(23-24)18(27)22-15-6-4-14(5-7-15)21-17(26)13-10-20-25(11-13)12(2)19(28)29/h4-12H,3H2,1-2H3,(H,21,26)(H,22,27)(H,28,29). The highest BCUT2D eigenvalue weighted by molar-refractivity contribution is 6.05. The molecular weight excluding hydrogens is 376 g/mol. The van der Waals surface area contributed by atoms with Gasteiger partial charge in [0.05, 0.1) is 11.8 Å². The summed E-state index contributed by atoms with van der Waals surface area (Å²) < 4.78 is 2.86. The van der Waals surface area contributed by atoms with Crippen molar-refractivity contribution in [1.82, 2.24) is 19.6 Å². The van der Waals surface area contributed by atoms with Crippen LogP contribution in [0.2, 0.25) is 0 Å². The molecule has 0 fully saturated rings. The van der Waals surface area contributed by atoms with Gasteiger partial charge in [-0.1, -0.05) is 0 Å². The summed E-state index contributed by atoms with van der Waals surface area (Å²) in [5.74, 6) is -1.79. The number of carboxylic acids is 1. The molecule has 0 saturated carbocycles. The molecule has 3 N–H and O–H groups in total. The second-order valence-electron chi connectivity index (χ2n) is 6.27. The van der Waals surface area contributed by atoms with Crippen LogP contribution < -0.4 is 10.6 Å². The molecule has 150 valence electrons. The van der Waals surface area contributed by atoms with Gasteiger partial charge in [-0.25, -0.2) is 4.79 Å². The van der Waals surface area contributed by atoms with Crippen LogP contribution in [0.25, 0.3) is 0 Å². The number of benzene rings is 1. The third-order valence-electron chi connectivity index (χ3n) is 4.22. The number of hydrogen-bond donors (Lipinski definition) is 3. The van der Waals surface area contributed by atoms with Crippen LogP contribution in [0, 0.1) is 0 Å². The van der Waals surface area contributed by atoms with Crippen LogP contribution in [0.3, 0.4) is 0 Å². The average molecular weight is 396 g/mol. The van der Waals surface area contributed by atoms with Crippen LogP contribution in [-0.4, -0.2) is 42.5 Å². The molecular formula is C19H20N6O4. The summed E-state index contributed by atoms with van der Waals surface area (Å²) in [5, 5.41) is 22.5. The number of aryl methyl sites for hydroxylation is 1. The van der Waals surface area contributed by atoms with Crippen molar-refractivity contribution in [3.63, 3.8) is 0 Å². The topological polar surface area (TPSA) is 131 Å². The molecule has 1 atom stereocenters.